The molecule has 3 N–H and O–H groups in total. The molecule has 7 heteroatoms. The third-order valence-electron chi connectivity index (χ3n) is 2.58. The van der Waals surface area contributed by atoms with Crippen LogP contribution in [-0.4, -0.2) is 34.0 Å². The van der Waals surface area contributed by atoms with E-state index in [2.05, 4.69) is 9.97 Å². The Morgan fingerprint density at radius 3 is 2.94 bits per heavy atom. The number of halogens is 2. The molecule has 3 atom stereocenters. The molecule has 1 aliphatic carbocycles. The lowest BCUT2D eigenvalue weighted by molar-refractivity contribution is -0.0613. The van der Waals surface area contributed by atoms with Gasteiger partial charge in [0.1, 0.15) is 12.3 Å². The second-order valence-corrected chi connectivity index (χ2v) is 3.66. The summed E-state index contributed by atoms with van der Waals surface area (Å²) in [6.07, 6.45) is -0.687. The zero-order valence-electron chi connectivity index (χ0n) is 8.31. The first kappa shape index (κ1) is 11.0. The molecule has 0 bridgehead atoms. The van der Waals surface area contributed by atoms with Crippen molar-refractivity contribution in [3.8, 4) is 6.01 Å². The summed E-state index contributed by atoms with van der Waals surface area (Å²) in [5.74, 6) is -1.48. The van der Waals surface area contributed by atoms with Gasteiger partial charge >= 0.3 is 6.01 Å². The fourth-order valence-electron chi connectivity index (χ4n) is 1.51. The lowest BCUT2D eigenvalue weighted by Crippen LogP contribution is -2.48. The maximum atomic E-state index is 13.3. The van der Waals surface area contributed by atoms with Crippen LogP contribution in [0, 0.1) is 11.7 Å². The monoisotopic (exact) mass is 231 g/mol. The van der Waals surface area contributed by atoms with Crippen molar-refractivity contribution in [1.29, 1.82) is 0 Å². The maximum Gasteiger partial charge on any atom is 0.318 e. The van der Waals surface area contributed by atoms with Crippen molar-refractivity contribution < 1.29 is 18.6 Å². The molecular formula is C9H11F2N3O2. The van der Waals surface area contributed by atoms with E-state index in [0.717, 1.165) is 6.20 Å². The molecule has 16 heavy (non-hydrogen) atoms. The van der Waals surface area contributed by atoms with Crippen LogP contribution >= 0.6 is 0 Å². The zero-order valence-corrected chi connectivity index (χ0v) is 8.31. The second-order valence-electron chi connectivity index (χ2n) is 3.66. The van der Waals surface area contributed by atoms with E-state index in [0.29, 0.717) is 6.42 Å². The Morgan fingerprint density at radius 2 is 2.38 bits per heavy atom. The number of nitrogens with zero attached hydrogens (tertiary/aromatic N) is 2. The highest BCUT2D eigenvalue weighted by atomic mass is 19.1. The van der Waals surface area contributed by atoms with Gasteiger partial charge in [-0.2, -0.15) is 4.98 Å². The summed E-state index contributed by atoms with van der Waals surface area (Å²) in [4.78, 5) is 7.05. The molecule has 0 aromatic carbocycles. The number of hydrogen-bond donors (Lipinski definition) is 2. The number of hydrogen-bond acceptors (Lipinski definition) is 5. The topological polar surface area (TPSA) is 81.3 Å². The predicted molar refractivity (Wildman–Crippen MR) is 50.9 cm³/mol. The summed E-state index contributed by atoms with van der Waals surface area (Å²) in [5.41, 5.74) is 5.20. The molecule has 1 aliphatic rings. The SMILES string of the molecule is Nc1nc(O[C@@H]2C[C@H](CO)C2F)ncc1F. The average molecular weight is 231 g/mol. The highest BCUT2D eigenvalue weighted by Crippen LogP contribution is 2.33. The molecule has 1 saturated carbocycles. The van der Waals surface area contributed by atoms with Crippen LogP contribution in [0.2, 0.25) is 0 Å². The van der Waals surface area contributed by atoms with Gasteiger partial charge in [0.25, 0.3) is 0 Å². The first-order chi connectivity index (χ1) is 7.61. The number of anilines is 1. The van der Waals surface area contributed by atoms with Crippen LogP contribution in [0.5, 0.6) is 6.01 Å². The Bertz CT molecular complexity index is 391. The van der Waals surface area contributed by atoms with Gasteiger partial charge in [-0.15, -0.1) is 0 Å². The smallest absolute Gasteiger partial charge is 0.318 e. The lowest BCUT2D eigenvalue weighted by atomic mass is 9.81. The number of aliphatic hydroxyl groups is 1. The highest BCUT2D eigenvalue weighted by Gasteiger charge is 2.43. The number of alkyl halides is 1. The Hall–Kier alpha value is -1.50. The van der Waals surface area contributed by atoms with Crippen LogP contribution in [0.25, 0.3) is 0 Å². The van der Waals surface area contributed by atoms with Gasteiger partial charge in [-0.25, -0.2) is 13.8 Å². The number of aliphatic hydroxyl groups excluding tert-OH is 1. The molecule has 88 valence electrons. The summed E-state index contributed by atoms with van der Waals surface area (Å²) in [6, 6.07) is -0.150. The van der Waals surface area contributed by atoms with E-state index in [1.54, 1.807) is 0 Å². The van der Waals surface area contributed by atoms with E-state index < -0.39 is 24.0 Å². The summed E-state index contributed by atoms with van der Waals surface area (Å²) in [5, 5.41) is 8.72. The first-order valence-corrected chi connectivity index (χ1v) is 4.81. The second kappa shape index (κ2) is 4.17. The Kier molecular flexibility index (Phi) is 2.86. The number of nitrogens with two attached hydrogens (primary N) is 1. The van der Waals surface area contributed by atoms with Crippen molar-refractivity contribution in [2.45, 2.75) is 18.7 Å². The van der Waals surface area contributed by atoms with Gasteiger partial charge in [0.15, 0.2) is 11.6 Å². The van der Waals surface area contributed by atoms with Crippen molar-refractivity contribution in [2.24, 2.45) is 5.92 Å². The minimum atomic E-state index is -1.25. The van der Waals surface area contributed by atoms with E-state index in [4.69, 9.17) is 15.6 Å². The Morgan fingerprint density at radius 1 is 1.62 bits per heavy atom. The summed E-state index contributed by atoms with van der Waals surface area (Å²) >= 11 is 0. The fourth-order valence-corrected chi connectivity index (χ4v) is 1.51. The van der Waals surface area contributed by atoms with E-state index in [-0.39, 0.29) is 18.4 Å². The highest BCUT2D eigenvalue weighted by molar-refractivity contribution is 5.29. The van der Waals surface area contributed by atoms with Crippen LogP contribution in [0.4, 0.5) is 14.6 Å². The van der Waals surface area contributed by atoms with Crippen LogP contribution in [0.15, 0.2) is 6.20 Å². The van der Waals surface area contributed by atoms with Gasteiger partial charge in [-0.3, -0.25) is 0 Å². The van der Waals surface area contributed by atoms with Gasteiger partial charge in [0, 0.05) is 12.5 Å². The molecule has 1 aromatic heterocycles. The minimum Gasteiger partial charge on any atom is -0.457 e. The molecule has 1 heterocycles. The predicted octanol–water partition coefficient (Wildman–Crippen LogP) is 0.296. The molecule has 0 aliphatic heterocycles. The quantitative estimate of drug-likeness (QED) is 0.781. The largest absolute Gasteiger partial charge is 0.457 e. The Balaban J connectivity index is 1.98. The van der Waals surface area contributed by atoms with Crippen molar-refractivity contribution >= 4 is 5.82 Å². The minimum absolute atomic E-state index is 0.150. The van der Waals surface area contributed by atoms with Crippen molar-refractivity contribution in [3.05, 3.63) is 12.0 Å². The van der Waals surface area contributed by atoms with E-state index in [9.17, 15) is 8.78 Å². The number of nitrogen functional groups attached to an aromatic ring is 1. The first-order valence-electron chi connectivity index (χ1n) is 4.81. The molecule has 2 rings (SSSR count). The molecule has 5 nitrogen and oxygen atoms in total. The Labute approximate surface area is 90.3 Å². The van der Waals surface area contributed by atoms with E-state index >= 15 is 0 Å². The van der Waals surface area contributed by atoms with Crippen LogP contribution in [-0.2, 0) is 0 Å². The van der Waals surface area contributed by atoms with E-state index in [1.165, 1.54) is 0 Å². The molecule has 1 unspecified atom stereocenters. The standard InChI is InChI=1S/C9H11F2N3O2/c10-5-2-13-9(14-8(5)12)16-6-1-4(3-15)7(6)11/h2,4,6-7,15H,1,3H2,(H2,12,13,14)/t4-,6-,7?/m1/s1. The normalized spacial score (nSPS) is 28.6. The molecule has 0 radical (unpaired) electrons. The zero-order chi connectivity index (χ0) is 11.7. The van der Waals surface area contributed by atoms with Gasteiger partial charge in [-0.1, -0.05) is 0 Å². The summed E-state index contributed by atoms with van der Waals surface area (Å²) in [7, 11) is 0. The third kappa shape index (κ3) is 1.90. The molecule has 1 fully saturated rings. The third-order valence-corrected chi connectivity index (χ3v) is 2.58. The molecule has 0 saturated heterocycles. The molecule has 0 spiro atoms. The van der Waals surface area contributed by atoms with Crippen molar-refractivity contribution in [3.63, 3.8) is 0 Å². The van der Waals surface area contributed by atoms with Crippen LogP contribution in [0.3, 0.4) is 0 Å². The van der Waals surface area contributed by atoms with Gasteiger partial charge in [-0.05, 0) is 6.42 Å². The number of ether oxygens (including phenoxy) is 1. The summed E-state index contributed by atoms with van der Waals surface area (Å²) < 4.78 is 31.1. The van der Waals surface area contributed by atoms with Crippen molar-refractivity contribution in [1.82, 2.24) is 9.97 Å². The molecule has 1 aromatic rings. The maximum absolute atomic E-state index is 13.3. The van der Waals surface area contributed by atoms with Crippen molar-refractivity contribution in [2.75, 3.05) is 12.3 Å². The van der Waals surface area contributed by atoms with Gasteiger partial charge in [0.2, 0.25) is 0 Å². The van der Waals surface area contributed by atoms with E-state index in [1.807, 2.05) is 0 Å². The molecular weight excluding hydrogens is 220 g/mol. The van der Waals surface area contributed by atoms with Gasteiger partial charge < -0.3 is 15.6 Å². The fraction of sp³-hybridized carbons (Fsp3) is 0.556. The van der Waals surface area contributed by atoms with Crippen LogP contribution < -0.4 is 10.5 Å². The number of aromatic nitrogens is 2. The van der Waals surface area contributed by atoms with Crippen LogP contribution in [0.1, 0.15) is 6.42 Å². The molecule has 0 amide bonds. The number of rotatable bonds is 3. The summed E-state index contributed by atoms with van der Waals surface area (Å²) in [6.45, 7) is -0.215. The average Bonchev–Trinajstić information content (AvgIpc) is 2.28. The lowest BCUT2D eigenvalue weighted by Gasteiger charge is -2.37. The van der Waals surface area contributed by atoms with Gasteiger partial charge in [0.05, 0.1) is 6.20 Å².